The molecule has 1 spiro atoms. The van der Waals surface area contributed by atoms with E-state index in [1.807, 2.05) is 0 Å². The van der Waals surface area contributed by atoms with Crippen LogP contribution in [0.3, 0.4) is 0 Å². The normalized spacial score (nSPS) is 26.7. The summed E-state index contributed by atoms with van der Waals surface area (Å²) in [6.45, 7) is 7.51. The van der Waals surface area contributed by atoms with Crippen molar-refractivity contribution in [3.05, 3.63) is 35.9 Å². The number of nitrogens with zero attached hydrogens (tertiary/aromatic N) is 3. The van der Waals surface area contributed by atoms with Gasteiger partial charge in [0.05, 0.1) is 0 Å². The molecule has 2 saturated heterocycles. The van der Waals surface area contributed by atoms with Crippen molar-refractivity contribution in [2.45, 2.75) is 32.1 Å². The van der Waals surface area contributed by atoms with Gasteiger partial charge in [0.25, 0.3) is 0 Å². The summed E-state index contributed by atoms with van der Waals surface area (Å²) in [4.78, 5) is 20.1. The number of likely N-dealkylation sites (N-methyl/N-ethyl adjacent to an activating group) is 1. The Labute approximate surface area is 158 Å². The van der Waals surface area contributed by atoms with Crippen LogP contribution in [0.1, 0.15) is 31.2 Å². The number of benzene rings is 1. The Bertz CT molecular complexity index is 609. The van der Waals surface area contributed by atoms with Crippen molar-refractivity contribution in [2.24, 2.45) is 11.3 Å². The first-order chi connectivity index (χ1) is 12.7. The lowest BCUT2D eigenvalue weighted by Crippen LogP contribution is -2.40. The number of likely N-dealkylation sites (tertiary alicyclic amines) is 1. The SMILES string of the molecule is CN1CCCN(C(=O)C2CC23CCN(CCc2ccccc2)CC3)CC1. The van der Waals surface area contributed by atoms with E-state index < -0.39 is 0 Å². The summed E-state index contributed by atoms with van der Waals surface area (Å²) < 4.78 is 0. The molecule has 4 nitrogen and oxygen atoms in total. The van der Waals surface area contributed by atoms with Gasteiger partial charge in [-0.25, -0.2) is 0 Å². The second-order valence-corrected chi connectivity index (χ2v) is 8.68. The lowest BCUT2D eigenvalue weighted by Gasteiger charge is -2.33. The fourth-order valence-corrected chi connectivity index (χ4v) is 4.89. The first kappa shape index (κ1) is 18.0. The third-order valence-electron chi connectivity index (χ3n) is 6.93. The molecule has 142 valence electrons. The molecule has 1 aliphatic carbocycles. The molecule has 0 radical (unpaired) electrons. The number of carbonyl (C=O) groups is 1. The maximum atomic E-state index is 13.0. The van der Waals surface area contributed by atoms with E-state index in [4.69, 9.17) is 0 Å². The van der Waals surface area contributed by atoms with Crippen LogP contribution in [0.15, 0.2) is 30.3 Å². The van der Waals surface area contributed by atoms with Crippen molar-refractivity contribution in [3.8, 4) is 0 Å². The van der Waals surface area contributed by atoms with Crippen LogP contribution in [0.2, 0.25) is 0 Å². The lowest BCUT2D eigenvalue weighted by molar-refractivity contribution is -0.133. The van der Waals surface area contributed by atoms with Gasteiger partial charge < -0.3 is 14.7 Å². The number of amides is 1. The highest BCUT2D eigenvalue weighted by molar-refractivity contribution is 5.82. The molecular weight excluding hydrogens is 322 g/mol. The van der Waals surface area contributed by atoms with Crippen LogP contribution in [-0.4, -0.2) is 73.5 Å². The second kappa shape index (κ2) is 7.69. The zero-order valence-corrected chi connectivity index (χ0v) is 16.2. The summed E-state index contributed by atoms with van der Waals surface area (Å²) in [7, 11) is 2.16. The maximum Gasteiger partial charge on any atom is 0.226 e. The fourth-order valence-electron chi connectivity index (χ4n) is 4.89. The third-order valence-corrected chi connectivity index (χ3v) is 6.93. The van der Waals surface area contributed by atoms with Crippen LogP contribution in [0, 0.1) is 11.3 Å². The number of hydrogen-bond acceptors (Lipinski definition) is 3. The minimum absolute atomic E-state index is 0.321. The molecule has 3 aliphatic rings. The van der Waals surface area contributed by atoms with Gasteiger partial charge in [-0.2, -0.15) is 0 Å². The molecule has 0 N–H and O–H groups in total. The molecule has 2 aliphatic heterocycles. The van der Waals surface area contributed by atoms with Gasteiger partial charge in [0.15, 0.2) is 0 Å². The Morgan fingerprint density at radius 2 is 1.81 bits per heavy atom. The van der Waals surface area contributed by atoms with E-state index in [0.29, 0.717) is 17.2 Å². The van der Waals surface area contributed by atoms with E-state index in [1.165, 1.54) is 31.5 Å². The molecule has 1 unspecified atom stereocenters. The Balaban J connectivity index is 1.24. The van der Waals surface area contributed by atoms with E-state index in [2.05, 4.69) is 52.1 Å². The second-order valence-electron chi connectivity index (χ2n) is 8.68. The number of hydrogen-bond donors (Lipinski definition) is 0. The van der Waals surface area contributed by atoms with Gasteiger partial charge in [0, 0.05) is 32.1 Å². The molecule has 0 bridgehead atoms. The predicted molar refractivity (Wildman–Crippen MR) is 105 cm³/mol. The molecule has 1 aromatic rings. The summed E-state index contributed by atoms with van der Waals surface area (Å²) in [5.74, 6) is 0.778. The van der Waals surface area contributed by atoms with Gasteiger partial charge in [0.2, 0.25) is 5.91 Å². The van der Waals surface area contributed by atoms with E-state index in [1.54, 1.807) is 0 Å². The highest BCUT2D eigenvalue weighted by Gasteiger charge is 2.59. The Kier molecular flexibility index (Phi) is 5.32. The van der Waals surface area contributed by atoms with Crippen LogP contribution in [-0.2, 0) is 11.2 Å². The summed E-state index contributed by atoms with van der Waals surface area (Å²) in [6, 6.07) is 10.8. The van der Waals surface area contributed by atoms with Gasteiger partial charge >= 0.3 is 0 Å². The third kappa shape index (κ3) is 3.96. The van der Waals surface area contributed by atoms with Crippen molar-refractivity contribution in [3.63, 3.8) is 0 Å². The van der Waals surface area contributed by atoms with Gasteiger partial charge in [-0.15, -0.1) is 0 Å². The van der Waals surface area contributed by atoms with Crippen molar-refractivity contribution >= 4 is 5.91 Å². The van der Waals surface area contributed by atoms with Crippen LogP contribution in [0.25, 0.3) is 0 Å². The largest absolute Gasteiger partial charge is 0.341 e. The molecule has 4 heteroatoms. The molecule has 1 aromatic carbocycles. The Morgan fingerprint density at radius 1 is 1.04 bits per heavy atom. The van der Waals surface area contributed by atoms with E-state index in [9.17, 15) is 4.79 Å². The highest BCUT2D eigenvalue weighted by Crippen LogP contribution is 2.60. The predicted octanol–water partition coefficient (Wildman–Crippen LogP) is 2.50. The summed E-state index contributed by atoms with van der Waals surface area (Å²) in [5.41, 5.74) is 1.77. The van der Waals surface area contributed by atoms with Crippen molar-refractivity contribution < 1.29 is 4.79 Å². The van der Waals surface area contributed by atoms with Gasteiger partial charge in [-0.3, -0.25) is 4.79 Å². The van der Waals surface area contributed by atoms with E-state index >= 15 is 0 Å². The average Bonchev–Trinajstić information content (AvgIpc) is 3.41. The first-order valence-electron chi connectivity index (χ1n) is 10.4. The van der Waals surface area contributed by atoms with E-state index in [-0.39, 0.29) is 0 Å². The molecule has 4 rings (SSSR count). The standard InChI is InChI=1S/C22H33N3O/c1-23-11-5-12-25(17-16-23)21(26)20-18-22(20)9-14-24(15-10-22)13-8-19-6-3-2-4-7-19/h2-4,6-7,20H,5,8-18H2,1H3. The van der Waals surface area contributed by atoms with Gasteiger partial charge in [-0.1, -0.05) is 30.3 Å². The molecule has 2 heterocycles. The van der Waals surface area contributed by atoms with Crippen molar-refractivity contribution in [1.82, 2.24) is 14.7 Å². The maximum absolute atomic E-state index is 13.0. The molecular formula is C22H33N3O. The number of carbonyl (C=O) groups excluding carboxylic acids is 1. The smallest absolute Gasteiger partial charge is 0.226 e. The topological polar surface area (TPSA) is 26.8 Å². The number of rotatable bonds is 4. The van der Waals surface area contributed by atoms with Crippen molar-refractivity contribution in [1.29, 1.82) is 0 Å². The molecule has 1 saturated carbocycles. The summed E-state index contributed by atoms with van der Waals surface area (Å²) >= 11 is 0. The minimum atomic E-state index is 0.321. The molecule has 1 atom stereocenters. The van der Waals surface area contributed by atoms with Crippen molar-refractivity contribution in [2.75, 3.05) is 52.9 Å². The quantitative estimate of drug-likeness (QED) is 0.830. The van der Waals surface area contributed by atoms with Crippen LogP contribution >= 0.6 is 0 Å². The lowest BCUT2D eigenvalue weighted by atomic mass is 9.90. The zero-order chi connectivity index (χ0) is 18.0. The molecule has 26 heavy (non-hydrogen) atoms. The van der Waals surface area contributed by atoms with E-state index in [0.717, 1.165) is 52.0 Å². The zero-order valence-electron chi connectivity index (χ0n) is 16.2. The molecule has 3 fully saturated rings. The van der Waals surface area contributed by atoms with Gasteiger partial charge in [0.1, 0.15) is 0 Å². The summed E-state index contributed by atoms with van der Waals surface area (Å²) in [6.07, 6.45) is 5.83. The minimum Gasteiger partial charge on any atom is -0.341 e. The number of piperidine rings is 1. The van der Waals surface area contributed by atoms with Crippen LogP contribution in [0.5, 0.6) is 0 Å². The van der Waals surface area contributed by atoms with Crippen LogP contribution in [0.4, 0.5) is 0 Å². The first-order valence-corrected chi connectivity index (χ1v) is 10.4. The van der Waals surface area contributed by atoms with Gasteiger partial charge in [-0.05, 0) is 69.8 Å². The Hall–Kier alpha value is -1.39. The Morgan fingerprint density at radius 3 is 2.58 bits per heavy atom. The average molecular weight is 356 g/mol. The monoisotopic (exact) mass is 355 g/mol. The molecule has 1 amide bonds. The van der Waals surface area contributed by atoms with Crippen LogP contribution < -0.4 is 0 Å². The highest BCUT2D eigenvalue weighted by atomic mass is 16.2. The fraction of sp³-hybridized carbons (Fsp3) is 0.682. The molecule has 0 aromatic heterocycles. The summed E-state index contributed by atoms with van der Waals surface area (Å²) in [5, 5.41) is 0.